The Morgan fingerprint density at radius 2 is 2.12 bits per heavy atom. The molecule has 1 aliphatic heterocycles. The van der Waals surface area contributed by atoms with E-state index < -0.39 is 34.9 Å². The van der Waals surface area contributed by atoms with E-state index in [4.69, 9.17) is 4.74 Å². The molecule has 1 N–H and O–H groups in total. The highest BCUT2D eigenvalue weighted by molar-refractivity contribution is 6.11. The van der Waals surface area contributed by atoms with E-state index in [1.54, 1.807) is 24.3 Å². The van der Waals surface area contributed by atoms with Crippen molar-refractivity contribution in [3.8, 4) is 0 Å². The van der Waals surface area contributed by atoms with Crippen molar-refractivity contribution in [1.82, 2.24) is 0 Å². The van der Waals surface area contributed by atoms with Crippen LogP contribution >= 0.6 is 0 Å². The molecule has 1 aliphatic carbocycles. The van der Waals surface area contributed by atoms with Crippen molar-refractivity contribution < 1.29 is 24.0 Å². The molecule has 3 atom stereocenters. The minimum Gasteiger partial charge on any atom is -0.452 e. The van der Waals surface area contributed by atoms with Gasteiger partial charge in [-0.3, -0.25) is 29.4 Å². The van der Waals surface area contributed by atoms with Crippen LogP contribution in [0, 0.1) is 16.0 Å². The van der Waals surface area contributed by atoms with Crippen molar-refractivity contribution in [3.05, 3.63) is 34.4 Å². The zero-order chi connectivity index (χ0) is 17.4. The van der Waals surface area contributed by atoms with Crippen molar-refractivity contribution >= 4 is 29.2 Å². The summed E-state index contributed by atoms with van der Waals surface area (Å²) in [6.07, 6.45) is -1.01. The van der Waals surface area contributed by atoms with Crippen LogP contribution in [0.3, 0.4) is 0 Å². The Bertz CT molecular complexity index is 734. The van der Waals surface area contributed by atoms with Gasteiger partial charge in [0, 0.05) is 11.3 Å². The molecule has 1 aromatic carbocycles. The Morgan fingerprint density at radius 3 is 2.79 bits per heavy atom. The minimum atomic E-state index is -1.13. The Hall–Kier alpha value is -2.97. The van der Waals surface area contributed by atoms with Crippen LogP contribution in [0.1, 0.15) is 13.3 Å². The number of nitrogens with zero attached hydrogens (tertiary/aromatic N) is 2. The SMILES string of the molecule is C[C@H](OC(=O)[C@@H]1C[C@@H]1[N+](=O)[O-])C(=O)N1CC(=O)Nc2ccccc21. The lowest BCUT2D eigenvalue weighted by molar-refractivity contribution is -0.497. The van der Waals surface area contributed by atoms with Gasteiger partial charge in [0.25, 0.3) is 5.91 Å². The Morgan fingerprint density at radius 1 is 1.42 bits per heavy atom. The number of esters is 1. The third-order valence-corrected chi connectivity index (χ3v) is 4.01. The van der Waals surface area contributed by atoms with Gasteiger partial charge in [0.05, 0.1) is 11.4 Å². The van der Waals surface area contributed by atoms with Crippen molar-refractivity contribution in [1.29, 1.82) is 0 Å². The molecule has 1 aromatic rings. The molecule has 126 valence electrons. The number of carbonyl (C=O) groups excluding carboxylic acids is 3. The van der Waals surface area contributed by atoms with Gasteiger partial charge < -0.3 is 10.1 Å². The summed E-state index contributed by atoms with van der Waals surface area (Å²) in [5.41, 5.74) is 1.01. The van der Waals surface area contributed by atoms with Gasteiger partial charge in [0.15, 0.2) is 6.10 Å². The second-order valence-corrected chi connectivity index (χ2v) is 5.76. The normalized spacial score (nSPS) is 22.9. The largest absolute Gasteiger partial charge is 0.452 e. The third kappa shape index (κ3) is 2.92. The highest BCUT2D eigenvalue weighted by Gasteiger charge is 2.55. The van der Waals surface area contributed by atoms with E-state index in [0.717, 1.165) is 0 Å². The van der Waals surface area contributed by atoms with Gasteiger partial charge in [-0.2, -0.15) is 0 Å². The molecule has 24 heavy (non-hydrogen) atoms. The third-order valence-electron chi connectivity index (χ3n) is 4.01. The van der Waals surface area contributed by atoms with E-state index in [9.17, 15) is 24.5 Å². The quantitative estimate of drug-likeness (QED) is 0.489. The Labute approximate surface area is 136 Å². The summed E-state index contributed by atoms with van der Waals surface area (Å²) in [4.78, 5) is 47.4. The van der Waals surface area contributed by atoms with Gasteiger partial charge in [-0.25, -0.2) is 0 Å². The van der Waals surface area contributed by atoms with E-state index in [-0.39, 0.29) is 18.9 Å². The second kappa shape index (κ2) is 5.91. The zero-order valence-electron chi connectivity index (χ0n) is 12.8. The summed E-state index contributed by atoms with van der Waals surface area (Å²) < 4.78 is 5.05. The highest BCUT2D eigenvalue weighted by Crippen LogP contribution is 2.35. The molecule has 0 bridgehead atoms. The molecule has 1 saturated carbocycles. The highest BCUT2D eigenvalue weighted by atomic mass is 16.6. The number of fused-ring (bicyclic) bond motifs is 1. The fourth-order valence-corrected chi connectivity index (χ4v) is 2.63. The van der Waals surface area contributed by atoms with E-state index in [2.05, 4.69) is 5.32 Å². The van der Waals surface area contributed by atoms with Gasteiger partial charge in [-0.1, -0.05) is 12.1 Å². The number of benzene rings is 1. The lowest BCUT2D eigenvalue weighted by atomic mass is 10.1. The molecular formula is C15H15N3O6. The van der Waals surface area contributed by atoms with E-state index in [1.807, 2.05) is 0 Å². The number of nitro groups is 1. The standard InChI is InChI=1S/C15H15N3O6/c1-8(24-15(21)9-6-12(9)18(22)23)14(20)17-7-13(19)16-10-4-2-3-5-11(10)17/h2-5,8-9,12H,6-7H2,1H3,(H,16,19)/t8-,9+,12-/m0/s1. The topological polar surface area (TPSA) is 119 Å². The van der Waals surface area contributed by atoms with Crippen LogP contribution < -0.4 is 10.2 Å². The fraction of sp³-hybridized carbons (Fsp3) is 0.400. The van der Waals surface area contributed by atoms with Crippen molar-refractivity contribution in [2.24, 2.45) is 5.92 Å². The first-order valence-corrected chi connectivity index (χ1v) is 7.42. The van der Waals surface area contributed by atoms with Crippen molar-refractivity contribution in [3.63, 3.8) is 0 Å². The van der Waals surface area contributed by atoms with Crippen LogP contribution in [0.25, 0.3) is 0 Å². The lowest BCUT2D eigenvalue weighted by Gasteiger charge is -2.30. The molecule has 2 amide bonds. The number of hydrogen-bond donors (Lipinski definition) is 1. The number of amides is 2. The molecule has 9 nitrogen and oxygen atoms in total. The molecule has 0 radical (unpaired) electrons. The predicted octanol–water partition coefficient (Wildman–Crippen LogP) is 0.569. The van der Waals surface area contributed by atoms with Gasteiger partial charge in [-0.05, 0) is 19.1 Å². The summed E-state index contributed by atoms with van der Waals surface area (Å²) in [6.45, 7) is 1.21. The number of anilines is 2. The summed E-state index contributed by atoms with van der Waals surface area (Å²) in [7, 11) is 0. The molecule has 9 heteroatoms. The van der Waals surface area contributed by atoms with Gasteiger partial charge in [-0.15, -0.1) is 0 Å². The number of ether oxygens (including phenoxy) is 1. The zero-order valence-corrected chi connectivity index (χ0v) is 12.8. The van der Waals surface area contributed by atoms with Gasteiger partial charge in [0.2, 0.25) is 11.9 Å². The maximum absolute atomic E-state index is 12.5. The first-order chi connectivity index (χ1) is 11.4. The van der Waals surface area contributed by atoms with Crippen LogP contribution in [-0.4, -0.2) is 41.4 Å². The van der Waals surface area contributed by atoms with Crippen LogP contribution in [-0.2, 0) is 19.1 Å². The molecule has 1 fully saturated rings. The van der Waals surface area contributed by atoms with Crippen LogP contribution in [0.5, 0.6) is 0 Å². The predicted molar refractivity (Wildman–Crippen MR) is 81.9 cm³/mol. The maximum atomic E-state index is 12.5. The second-order valence-electron chi connectivity index (χ2n) is 5.76. The Balaban J connectivity index is 1.69. The molecule has 0 unspecified atom stereocenters. The number of rotatable bonds is 4. The number of nitrogens with one attached hydrogen (secondary N) is 1. The molecule has 0 aromatic heterocycles. The summed E-state index contributed by atoms with van der Waals surface area (Å²) in [5.74, 6) is -2.46. The molecule has 2 aliphatic rings. The molecule has 3 rings (SSSR count). The minimum absolute atomic E-state index is 0.127. The summed E-state index contributed by atoms with van der Waals surface area (Å²) in [6, 6.07) is 5.85. The smallest absolute Gasteiger partial charge is 0.316 e. The van der Waals surface area contributed by atoms with Crippen LogP contribution in [0.4, 0.5) is 11.4 Å². The van der Waals surface area contributed by atoms with E-state index in [1.165, 1.54) is 11.8 Å². The average molecular weight is 333 g/mol. The first kappa shape index (κ1) is 15.9. The van der Waals surface area contributed by atoms with Crippen LogP contribution in [0.2, 0.25) is 0 Å². The Kier molecular flexibility index (Phi) is 3.92. The maximum Gasteiger partial charge on any atom is 0.316 e. The monoisotopic (exact) mass is 333 g/mol. The molecule has 0 saturated heterocycles. The average Bonchev–Trinajstić information content (AvgIpc) is 3.34. The summed E-state index contributed by atoms with van der Waals surface area (Å²) >= 11 is 0. The number of hydrogen-bond acceptors (Lipinski definition) is 6. The van der Waals surface area contributed by atoms with Crippen LogP contribution in [0.15, 0.2) is 24.3 Å². The lowest BCUT2D eigenvalue weighted by Crippen LogP contribution is -2.47. The van der Waals surface area contributed by atoms with E-state index >= 15 is 0 Å². The first-order valence-electron chi connectivity index (χ1n) is 7.42. The van der Waals surface area contributed by atoms with Crippen molar-refractivity contribution in [2.45, 2.75) is 25.5 Å². The number of carbonyl (C=O) groups is 3. The van der Waals surface area contributed by atoms with Crippen molar-refractivity contribution in [2.75, 3.05) is 16.8 Å². The summed E-state index contributed by atoms with van der Waals surface area (Å²) in [5, 5.41) is 13.3. The molecule has 0 spiro atoms. The molecular weight excluding hydrogens is 318 g/mol. The fourth-order valence-electron chi connectivity index (χ4n) is 2.63. The van der Waals surface area contributed by atoms with Gasteiger partial charge >= 0.3 is 5.97 Å². The van der Waals surface area contributed by atoms with Gasteiger partial charge in [0.1, 0.15) is 12.5 Å². The van der Waals surface area contributed by atoms with E-state index in [0.29, 0.717) is 11.4 Å². The molecule has 1 heterocycles. The number of para-hydroxylation sites is 2.